The zero-order valence-corrected chi connectivity index (χ0v) is 22.0. The van der Waals surface area contributed by atoms with Gasteiger partial charge < -0.3 is 19.3 Å². The van der Waals surface area contributed by atoms with E-state index in [0.717, 1.165) is 47.5 Å². The van der Waals surface area contributed by atoms with Crippen molar-refractivity contribution < 1.29 is 24.1 Å². The van der Waals surface area contributed by atoms with Crippen LogP contribution in [0.4, 0.5) is 0 Å². The Morgan fingerprint density at radius 2 is 1.89 bits per heavy atom. The van der Waals surface area contributed by atoms with Crippen LogP contribution in [0.25, 0.3) is 0 Å². The molecule has 5 rings (SSSR count). The van der Waals surface area contributed by atoms with Gasteiger partial charge in [0, 0.05) is 12.5 Å². The summed E-state index contributed by atoms with van der Waals surface area (Å²) in [5.74, 6) is 1.41. The average Bonchev–Trinajstić information content (AvgIpc) is 3.26. The SMILES string of the molecule is COCCOc1ccc(COc2ccc3c(c2)C2(CCC3)C(C)=C2C(=O)O)cc1C1CCCC1(C)C. The second-order valence-corrected chi connectivity index (χ2v) is 11.3. The maximum absolute atomic E-state index is 11.8. The summed E-state index contributed by atoms with van der Waals surface area (Å²) in [6.45, 7) is 8.24. The summed E-state index contributed by atoms with van der Waals surface area (Å²) in [5.41, 5.74) is 6.18. The Hall–Kier alpha value is -2.79. The fraction of sp³-hybridized carbons (Fsp3) is 0.516. The van der Waals surface area contributed by atoms with Gasteiger partial charge in [0.1, 0.15) is 24.7 Å². The molecule has 5 nitrogen and oxygen atoms in total. The van der Waals surface area contributed by atoms with Crippen LogP contribution >= 0.6 is 0 Å². The van der Waals surface area contributed by atoms with Gasteiger partial charge in [0.05, 0.1) is 12.2 Å². The smallest absolute Gasteiger partial charge is 0.332 e. The number of rotatable bonds is 9. The molecule has 1 saturated carbocycles. The standard InChI is InChI=1S/C31H38O5/c1-20-28(29(32)33)31(20)14-5-7-22-10-11-23(18-26(22)31)36-19-21-9-12-27(35-16-15-34-4)24(17-21)25-8-6-13-30(25,2)3/h9-12,17-18,25H,5-8,13-16,19H2,1-4H3,(H,32,33). The van der Waals surface area contributed by atoms with Crippen molar-refractivity contribution in [2.75, 3.05) is 20.3 Å². The van der Waals surface area contributed by atoms with Crippen molar-refractivity contribution in [1.82, 2.24) is 0 Å². The van der Waals surface area contributed by atoms with Crippen LogP contribution in [-0.2, 0) is 28.0 Å². The Labute approximate surface area is 214 Å². The van der Waals surface area contributed by atoms with E-state index >= 15 is 0 Å². The fourth-order valence-corrected chi connectivity index (χ4v) is 6.79. The second-order valence-electron chi connectivity index (χ2n) is 11.3. The van der Waals surface area contributed by atoms with Gasteiger partial charge in [-0.1, -0.05) is 32.4 Å². The van der Waals surface area contributed by atoms with Crippen LogP contribution in [0, 0.1) is 5.41 Å². The van der Waals surface area contributed by atoms with Crippen LogP contribution in [0.3, 0.4) is 0 Å². The molecule has 0 aromatic heterocycles. The van der Waals surface area contributed by atoms with E-state index in [1.165, 1.54) is 30.4 Å². The number of carboxylic acid groups (broad SMARTS) is 1. The molecular weight excluding hydrogens is 452 g/mol. The van der Waals surface area contributed by atoms with Crippen LogP contribution in [0.2, 0.25) is 0 Å². The number of ether oxygens (including phenoxy) is 3. The lowest BCUT2D eigenvalue weighted by molar-refractivity contribution is -0.132. The highest BCUT2D eigenvalue weighted by Crippen LogP contribution is 2.60. The van der Waals surface area contributed by atoms with Crippen LogP contribution in [0.1, 0.15) is 81.0 Å². The van der Waals surface area contributed by atoms with Crippen molar-refractivity contribution in [2.24, 2.45) is 5.41 Å². The lowest BCUT2D eigenvalue weighted by atomic mass is 9.75. The molecule has 2 aromatic carbocycles. The number of hydrogen-bond acceptors (Lipinski definition) is 4. The van der Waals surface area contributed by atoms with Crippen LogP contribution < -0.4 is 9.47 Å². The molecule has 2 aromatic rings. The Morgan fingerprint density at radius 3 is 2.58 bits per heavy atom. The summed E-state index contributed by atoms with van der Waals surface area (Å²) < 4.78 is 17.6. The topological polar surface area (TPSA) is 65.0 Å². The summed E-state index contributed by atoms with van der Waals surface area (Å²) >= 11 is 0. The normalized spacial score (nSPS) is 24.1. The van der Waals surface area contributed by atoms with Gasteiger partial charge in [-0.3, -0.25) is 0 Å². The highest BCUT2D eigenvalue weighted by atomic mass is 16.5. The molecule has 1 fully saturated rings. The molecule has 1 N–H and O–H groups in total. The number of aryl methyl sites for hydroxylation is 1. The number of methoxy groups -OCH3 is 1. The molecule has 36 heavy (non-hydrogen) atoms. The first kappa shape index (κ1) is 24.9. The summed E-state index contributed by atoms with van der Waals surface area (Å²) in [7, 11) is 1.69. The zero-order valence-electron chi connectivity index (χ0n) is 22.0. The lowest BCUT2D eigenvalue weighted by Crippen LogP contribution is -2.23. The summed E-state index contributed by atoms with van der Waals surface area (Å²) in [6, 6.07) is 12.7. The maximum Gasteiger partial charge on any atom is 0.332 e. The molecule has 0 bridgehead atoms. The molecule has 0 radical (unpaired) electrons. The monoisotopic (exact) mass is 490 g/mol. The minimum atomic E-state index is -0.790. The largest absolute Gasteiger partial charge is 0.491 e. The van der Waals surface area contributed by atoms with Crippen molar-refractivity contribution in [1.29, 1.82) is 0 Å². The molecule has 3 aliphatic carbocycles. The van der Waals surface area contributed by atoms with E-state index in [1.54, 1.807) is 7.11 Å². The minimum absolute atomic E-state index is 0.239. The molecular formula is C31H38O5. The van der Waals surface area contributed by atoms with E-state index in [4.69, 9.17) is 14.2 Å². The molecule has 0 amide bonds. The van der Waals surface area contributed by atoms with Crippen molar-refractivity contribution in [3.63, 3.8) is 0 Å². The van der Waals surface area contributed by atoms with E-state index < -0.39 is 5.97 Å². The van der Waals surface area contributed by atoms with Crippen LogP contribution in [-0.4, -0.2) is 31.4 Å². The van der Waals surface area contributed by atoms with Gasteiger partial charge in [0.2, 0.25) is 0 Å². The highest BCUT2D eigenvalue weighted by molar-refractivity contribution is 6.00. The van der Waals surface area contributed by atoms with Gasteiger partial charge in [0.25, 0.3) is 0 Å². The number of carboxylic acids is 1. The predicted octanol–water partition coefficient (Wildman–Crippen LogP) is 6.57. The van der Waals surface area contributed by atoms with Gasteiger partial charge in [0.15, 0.2) is 0 Å². The third-order valence-electron chi connectivity index (χ3n) is 8.79. The first-order valence-electron chi connectivity index (χ1n) is 13.2. The molecule has 0 aliphatic heterocycles. The number of hydrogen-bond donors (Lipinski definition) is 1. The minimum Gasteiger partial charge on any atom is -0.491 e. The van der Waals surface area contributed by atoms with Crippen molar-refractivity contribution in [3.05, 3.63) is 69.8 Å². The molecule has 5 heteroatoms. The first-order chi connectivity index (χ1) is 17.3. The van der Waals surface area contributed by atoms with Crippen molar-refractivity contribution >= 4 is 5.97 Å². The summed E-state index contributed by atoms with van der Waals surface area (Å²) in [5, 5.41) is 9.72. The third-order valence-corrected chi connectivity index (χ3v) is 8.79. The van der Waals surface area contributed by atoms with Crippen molar-refractivity contribution in [3.8, 4) is 11.5 Å². The summed E-state index contributed by atoms with van der Waals surface area (Å²) in [4.78, 5) is 11.8. The number of carbonyl (C=O) groups is 1. The van der Waals surface area contributed by atoms with Gasteiger partial charge >= 0.3 is 5.97 Å². The quantitative estimate of drug-likeness (QED) is 0.403. The van der Waals surface area contributed by atoms with Gasteiger partial charge in [-0.2, -0.15) is 0 Å². The average molecular weight is 491 g/mol. The van der Waals surface area contributed by atoms with Crippen LogP contribution in [0.5, 0.6) is 11.5 Å². The van der Waals surface area contributed by atoms with Gasteiger partial charge in [-0.05, 0) is 102 Å². The van der Waals surface area contributed by atoms with Gasteiger partial charge in [-0.15, -0.1) is 0 Å². The second kappa shape index (κ2) is 9.59. The van der Waals surface area contributed by atoms with E-state index in [-0.39, 0.29) is 10.8 Å². The fourth-order valence-electron chi connectivity index (χ4n) is 6.79. The van der Waals surface area contributed by atoms with Crippen LogP contribution in [0.15, 0.2) is 47.5 Å². The molecule has 1 spiro atoms. The predicted molar refractivity (Wildman–Crippen MR) is 140 cm³/mol. The summed E-state index contributed by atoms with van der Waals surface area (Å²) in [6.07, 6.45) is 6.51. The highest BCUT2D eigenvalue weighted by Gasteiger charge is 2.57. The number of aliphatic carboxylic acids is 1. The van der Waals surface area contributed by atoms with E-state index in [1.807, 2.05) is 13.0 Å². The third kappa shape index (κ3) is 4.32. The van der Waals surface area contributed by atoms with Crippen molar-refractivity contribution in [2.45, 2.75) is 77.2 Å². The Morgan fingerprint density at radius 1 is 1.06 bits per heavy atom. The maximum atomic E-state index is 11.8. The molecule has 2 atom stereocenters. The Bertz CT molecular complexity index is 1190. The molecule has 0 heterocycles. The van der Waals surface area contributed by atoms with E-state index in [2.05, 4.69) is 44.2 Å². The van der Waals surface area contributed by atoms with E-state index in [0.29, 0.717) is 31.3 Å². The lowest BCUT2D eigenvalue weighted by Gasteiger charge is -2.29. The van der Waals surface area contributed by atoms with E-state index in [9.17, 15) is 9.90 Å². The number of benzene rings is 2. The molecule has 0 saturated heterocycles. The Balaban J connectivity index is 1.37. The molecule has 2 unspecified atom stereocenters. The van der Waals surface area contributed by atoms with Gasteiger partial charge in [-0.25, -0.2) is 4.79 Å². The first-order valence-corrected chi connectivity index (χ1v) is 13.2. The Kier molecular flexibility index (Phi) is 6.63. The molecule has 192 valence electrons. The zero-order chi connectivity index (χ0) is 25.5. The molecule has 3 aliphatic rings. The number of fused-ring (bicyclic) bond motifs is 2. The number of allylic oxidation sites excluding steroid dienone is 1.